The third kappa shape index (κ3) is 3.54. The predicted octanol–water partition coefficient (Wildman–Crippen LogP) is 2.30. The summed E-state index contributed by atoms with van der Waals surface area (Å²) in [6, 6.07) is 9.64. The molecule has 1 N–H and O–H groups in total. The van der Waals surface area contributed by atoms with Crippen molar-refractivity contribution in [1.82, 2.24) is 19.8 Å². The van der Waals surface area contributed by atoms with Crippen molar-refractivity contribution in [1.29, 1.82) is 0 Å². The molecule has 1 aliphatic rings. The molecule has 1 amide bonds. The van der Waals surface area contributed by atoms with Gasteiger partial charge in [-0.3, -0.25) is 14.5 Å². The molecule has 3 rings (SSSR count). The molecule has 1 aromatic heterocycles. The molecule has 7 nitrogen and oxygen atoms in total. The zero-order valence-electron chi connectivity index (χ0n) is 17.1. The fraction of sp³-hybridized carbons (Fsp3) is 0.476. The number of methoxy groups -OCH3 is 1. The second kappa shape index (κ2) is 7.75. The molecule has 0 spiro atoms. The van der Waals surface area contributed by atoms with E-state index in [9.17, 15) is 9.59 Å². The molecule has 7 heteroatoms. The number of aromatic nitrogens is 2. The van der Waals surface area contributed by atoms with Gasteiger partial charge < -0.3 is 14.6 Å². The predicted molar refractivity (Wildman–Crippen MR) is 105 cm³/mol. The van der Waals surface area contributed by atoms with Gasteiger partial charge in [0.2, 0.25) is 5.91 Å². The summed E-state index contributed by atoms with van der Waals surface area (Å²) in [6.07, 6.45) is 2.15. The van der Waals surface area contributed by atoms with Crippen LogP contribution >= 0.6 is 0 Å². The average molecular weight is 384 g/mol. The zero-order valence-corrected chi connectivity index (χ0v) is 17.1. The Kier molecular flexibility index (Phi) is 5.56. The number of likely N-dealkylation sites (tertiary alicyclic amines) is 1. The number of aryl methyl sites for hydroxylation is 1. The molecule has 2 aromatic rings. The number of carbonyl (C=O) groups is 2. The van der Waals surface area contributed by atoms with Crippen LogP contribution in [0.25, 0.3) is 0 Å². The van der Waals surface area contributed by atoms with Crippen LogP contribution in [0.4, 0.5) is 0 Å². The standard InChI is InChI=1S/C21H28N4O3/c1-14-12-22-17(23-14)13-24(3)19(26)16-11-21(2,20(27)28-5)25(4)18(16)15-9-7-6-8-10-15/h6-10,12,16,18H,11,13H2,1-5H3,(H,22,23)/t16-,18-,21-/m0/s1. The van der Waals surface area contributed by atoms with Crippen molar-refractivity contribution in [2.45, 2.75) is 38.4 Å². The Hall–Kier alpha value is -2.67. The fourth-order valence-corrected chi connectivity index (χ4v) is 4.17. The molecular formula is C21H28N4O3. The summed E-state index contributed by atoms with van der Waals surface area (Å²) >= 11 is 0. The number of H-pyrrole nitrogens is 1. The fourth-order valence-electron chi connectivity index (χ4n) is 4.17. The van der Waals surface area contributed by atoms with E-state index in [-0.39, 0.29) is 23.8 Å². The van der Waals surface area contributed by atoms with Gasteiger partial charge in [0, 0.05) is 25.0 Å². The topological polar surface area (TPSA) is 78.5 Å². The van der Waals surface area contributed by atoms with Crippen LogP contribution in [0.5, 0.6) is 0 Å². The van der Waals surface area contributed by atoms with Gasteiger partial charge in [-0.15, -0.1) is 0 Å². The van der Waals surface area contributed by atoms with Gasteiger partial charge in [0.15, 0.2) is 0 Å². The van der Waals surface area contributed by atoms with Gasteiger partial charge in [-0.1, -0.05) is 30.3 Å². The third-order valence-corrected chi connectivity index (χ3v) is 5.80. The SMILES string of the molecule is COC(=O)[C@]1(C)C[C@H](C(=O)N(C)Cc2ncc(C)[nH]2)[C@H](c2ccccc2)N1C. The normalized spacial score (nSPS) is 24.9. The molecule has 1 aromatic carbocycles. The van der Waals surface area contributed by atoms with Crippen LogP contribution < -0.4 is 0 Å². The number of nitrogens with zero attached hydrogens (tertiary/aromatic N) is 3. The van der Waals surface area contributed by atoms with E-state index < -0.39 is 5.54 Å². The minimum absolute atomic E-state index is 0.0117. The Labute approximate surface area is 165 Å². The first-order valence-corrected chi connectivity index (χ1v) is 9.39. The number of esters is 1. The zero-order chi connectivity index (χ0) is 20.5. The minimum Gasteiger partial charge on any atom is -0.468 e. The number of aromatic amines is 1. The quantitative estimate of drug-likeness (QED) is 0.801. The Balaban J connectivity index is 1.91. The molecule has 1 aliphatic heterocycles. The Morgan fingerprint density at radius 3 is 2.61 bits per heavy atom. The number of ether oxygens (including phenoxy) is 1. The molecule has 28 heavy (non-hydrogen) atoms. The molecule has 2 heterocycles. The lowest BCUT2D eigenvalue weighted by molar-refractivity contribution is -0.152. The van der Waals surface area contributed by atoms with E-state index >= 15 is 0 Å². The van der Waals surface area contributed by atoms with Crippen LogP contribution in [0.3, 0.4) is 0 Å². The number of likely N-dealkylation sites (N-methyl/N-ethyl adjacent to an activating group) is 1. The summed E-state index contributed by atoms with van der Waals surface area (Å²) in [5.74, 6) is 0.0437. The van der Waals surface area contributed by atoms with E-state index in [0.29, 0.717) is 13.0 Å². The maximum Gasteiger partial charge on any atom is 0.326 e. The van der Waals surface area contributed by atoms with Crippen molar-refractivity contribution in [2.24, 2.45) is 5.92 Å². The van der Waals surface area contributed by atoms with Crippen molar-refractivity contribution < 1.29 is 14.3 Å². The second-order valence-electron chi connectivity index (χ2n) is 7.75. The molecule has 0 radical (unpaired) electrons. The van der Waals surface area contributed by atoms with Crippen LogP contribution in [0, 0.1) is 12.8 Å². The summed E-state index contributed by atoms with van der Waals surface area (Å²) in [4.78, 5) is 37.0. The number of nitrogens with one attached hydrogen (secondary N) is 1. The van der Waals surface area contributed by atoms with Crippen LogP contribution in [0.2, 0.25) is 0 Å². The molecule has 0 bridgehead atoms. The maximum atomic E-state index is 13.4. The summed E-state index contributed by atoms with van der Waals surface area (Å²) in [7, 11) is 5.05. The highest BCUT2D eigenvalue weighted by Crippen LogP contribution is 2.46. The van der Waals surface area contributed by atoms with Crippen LogP contribution in [-0.4, -0.2) is 58.4 Å². The van der Waals surface area contributed by atoms with E-state index in [4.69, 9.17) is 4.74 Å². The van der Waals surface area contributed by atoms with E-state index in [1.807, 2.05) is 56.1 Å². The average Bonchev–Trinajstić information content (AvgIpc) is 3.22. The first-order valence-electron chi connectivity index (χ1n) is 9.39. The number of hydrogen-bond donors (Lipinski definition) is 1. The first-order chi connectivity index (χ1) is 13.3. The lowest BCUT2D eigenvalue weighted by Crippen LogP contribution is -2.47. The Morgan fingerprint density at radius 2 is 2.04 bits per heavy atom. The third-order valence-electron chi connectivity index (χ3n) is 5.80. The number of carbonyl (C=O) groups excluding carboxylic acids is 2. The molecule has 0 aliphatic carbocycles. The van der Waals surface area contributed by atoms with Crippen molar-refractivity contribution in [3.8, 4) is 0 Å². The van der Waals surface area contributed by atoms with Crippen LogP contribution in [-0.2, 0) is 20.9 Å². The monoisotopic (exact) mass is 384 g/mol. The number of amides is 1. The summed E-state index contributed by atoms with van der Waals surface area (Å²) in [5.41, 5.74) is 1.10. The lowest BCUT2D eigenvalue weighted by Gasteiger charge is -2.33. The van der Waals surface area contributed by atoms with Gasteiger partial charge in [-0.25, -0.2) is 4.98 Å². The number of hydrogen-bond acceptors (Lipinski definition) is 5. The first kappa shape index (κ1) is 20.1. The summed E-state index contributed by atoms with van der Waals surface area (Å²) < 4.78 is 5.06. The van der Waals surface area contributed by atoms with Gasteiger partial charge in [-0.05, 0) is 32.9 Å². The van der Waals surface area contributed by atoms with Gasteiger partial charge in [-0.2, -0.15) is 0 Å². The highest BCUT2D eigenvalue weighted by atomic mass is 16.5. The van der Waals surface area contributed by atoms with Gasteiger partial charge in [0.05, 0.1) is 19.6 Å². The number of rotatable bonds is 5. The summed E-state index contributed by atoms with van der Waals surface area (Å²) in [6.45, 7) is 4.17. The van der Waals surface area contributed by atoms with Gasteiger partial charge in [0.25, 0.3) is 0 Å². The smallest absolute Gasteiger partial charge is 0.326 e. The largest absolute Gasteiger partial charge is 0.468 e. The molecule has 1 saturated heterocycles. The molecular weight excluding hydrogens is 356 g/mol. The highest BCUT2D eigenvalue weighted by Gasteiger charge is 2.55. The molecule has 0 unspecified atom stereocenters. The molecule has 3 atom stereocenters. The molecule has 150 valence electrons. The molecule has 1 fully saturated rings. The van der Waals surface area contributed by atoms with Crippen LogP contribution in [0.15, 0.2) is 36.5 Å². The van der Waals surface area contributed by atoms with Crippen molar-refractivity contribution in [3.05, 3.63) is 53.6 Å². The van der Waals surface area contributed by atoms with Crippen molar-refractivity contribution in [2.75, 3.05) is 21.2 Å². The van der Waals surface area contributed by atoms with Crippen molar-refractivity contribution >= 4 is 11.9 Å². The van der Waals surface area contributed by atoms with Crippen LogP contribution in [0.1, 0.15) is 36.5 Å². The maximum absolute atomic E-state index is 13.4. The minimum atomic E-state index is -0.863. The number of imidazole rings is 1. The van der Waals surface area contributed by atoms with Crippen molar-refractivity contribution in [3.63, 3.8) is 0 Å². The van der Waals surface area contributed by atoms with Gasteiger partial charge >= 0.3 is 5.97 Å². The number of benzene rings is 1. The van der Waals surface area contributed by atoms with E-state index in [2.05, 4.69) is 9.97 Å². The lowest BCUT2D eigenvalue weighted by atomic mass is 9.89. The Bertz CT molecular complexity index is 850. The second-order valence-corrected chi connectivity index (χ2v) is 7.75. The van der Waals surface area contributed by atoms with Gasteiger partial charge in [0.1, 0.15) is 11.4 Å². The van der Waals surface area contributed by atoms with E-state index in [1.165, 1.54) is 7.11 Å². The van der Waals surface area contributed by atoms with E-state index in [0.717, 1.165) is 17.1 Å². The Morgan fingerprint density at radius 1 is 1.36 bits per heavy atom. The molecule has 0 saturated carbocycles. The van der Waals surface area contributed by atoms with E-state index in [1.54, 1.807) is 18.1 Å². The summed E-state index contributed by atoms with van der Waals surface area (Å²) in [5, 5.41) is 0. The highest BCUT2D eigenvalue weighted by molar-refractivity contribution is 5.86.